The van der Waals surface area contributed by atoms with E-state index in [2.05, 4.69) is 0 Å². The number of ether oxygens (including phenoxy) is 1. The molecule has 0 radical (unpaired) electrons. The van der Waals surface area contributed by atoms with Gasteiger partial charge in [-0.05, 0) is 40.5 Å². The first-order valence-corrected chi connectivity index (χ1v) is 6.75. The highest BCUT2D eigenvalue weighted by Gasteiger charge is 1.97. The van der Waals surface area contributed by atoms with Crippen LogP contribution in [0, 0.1) is 0 Å². The molecule has 0 saturated carbocycles. The molecular formula is C13H11ClOS. The van der Waals surface area contributed by atoms with Crippen molar-refractivity contribution in [1.82, 2.24) is 0 Å². The van der Waals surface area contributed by atoms with Crippen molar-refractivity contribution in [2.75, 3.05) is 0 Å². The minimum atomic E-state index is 0.813. The van der Waals surface area contributed by atoms with Crippen LogP contribution in [0.15, 0.2) is 54.6 Å². The van der Waals surface area contributed by atoms with E-state index in [-0.39, 0.29) is 0 Å². The molecule has 0 unspecified atom stereocenters. The van der Waals surface area contributed by atoms with Crippen LogP contribution in [0.25, 0.3) is 0 Å². The fourth-order valence-corrected chi connectivity index (χ4v) is 2.04. The van der Waals surface area contributed by atoms with E-state index in [1.165, 1.54) is 16.5 Å². The topological polar surface area (TPSA) is 9.23 Å². The van der Waals surface area contributed by atoms with Gasteiger partial charge in [0, 0.05) is 5.75 Å². The molecule has 0 saturated heterocycles. The van der Waals surface area contributed by atoms with E-state index in [4.69, 9.17) is 15.4 Å². The Labute approximate surface area is 104 Å². The summed E-state index contributed by atoms with van der Waals surface area (Å²) in [5.74, 6) is 2.50. The molecular weight excluding hydrogens is 240 g/mol. The summed E-state index contributed by atoms with van der Waals surface area (Å²) in [6.45, 7) is 0. The molecule has 0 heterocycles. The standard InChI is InChI=1S/C13H11ClOS/c14-16-10-11-6-8-13(9-7-11)15-12-4-2-1-3-5-12/h1-9H,10H2. The average molecular weight is 251 g/mol. The Bertz CT molecular complexity index is 427. The molecule has 2 aromatic carbocycles. The first-order valence-electron chi connectivity index (χ1n) is 4.94. The second-order valence-corrected chi connectivity index (χ2v) is 4.47. The summed E-state index contributed by atoms with van der Waals surface area (Å²) in [5.41, 5.74) is 1.19. The predicted molar refractivity (Wildman–Crippen MR) is 70.1 cm³/mol. The molecule has 0 spiro atoms. The zero-order chi connectivity index (χ0) is 11.2. The highest BCUT2D eigenvalue weighted by Crippen LogP contribution is 2.23. The molecule has 0 aromatic heterocycles. The van der Waals surface area contributed by atoms with Gasteiger partial charge < -0.3 is 4.74 Å². The predicted octanol–water partition coefficient (Wildman–Crippen LogP) is 4.87. The maximum absolute atomic E-state index is 5.67. The van der Waals surface area contributed by atoms with Crippen LogP contribution in [0.4, 0.5) is 0 Å². The number of para-hydroxylation sites is 1. The lowest BCUT2D eigenvalue weighted by atomic mass is 10.2. The molecule has 2 rings (SSSR count). The maximum atomic E-state index is 5.67. The molecule has 0 fully saturated rings. The Hall–Kier alpha value is -1.12. The molecule has 0 aliphatic rings. The van der Waals surface area contributed by atoms with Crippen LogP contribution in [-0.2, 0) is 5.75 Å². The van der Waals surface area contributed by atoms with E-state index < -0.39 is 0 Å². The van der Waals surface area contributed by atoms with Crippen molar-refractivity contribution >= 4 is 21.7 Å². The minimum absolute atomic E-state index is 0.813. The molecule has 2 aromatic rings. The Balaban J connectivity index is 2.05. The second kappa shape index (κ2) is 5.83. The lowest BCUT2D eigenvalue weighted by molar-refractivity contribution is 0.482. The fraction of sp³-hybridized carbons (Fsp3) is 0.0769. The second-order valence-electron chi connectivity index (χ2n) is 3.31. The molecule has 16 heavy (non-hydrogen) atoms. The van der Waals surface area contributed by atoms with Gasteiger partial charge in [-0.1, -0.05) is 41.3 Å². The minimum Gasteiger partial charge on any atom is -0.457 e. The number of benzene rings is 2. The number of rotatable bonds is 4. The van der Waals surface area contributed by atoms with Gasteiger partial charge in [0.1, 0.15) is 11.5 Å². The maximum Gasteiger partial charge on any atom is 0.127 e. The van der Waals surface area contributed by atoms with Crippen LogP contribution in [0.3, 0.4) is 0 Å². The largest absolute Gasteiger partial charge is 0.457 e. The Kier molecular flexibility index (Phi) is 4.14. The highest BCUT2D eigenvalue weighted by atomic mass is 35.7. The molecule has 3 heteroatoms. The number of halogens is 1. The van der Waals surface area contributed by atoms with Crippen molar-refractivity contribution in [1.29, 1.82) is 0 Å². The fourth-order valence-electron chi connectivity index (χ4n) is 1.34. The lowest BCUT2D eigenvalue weighted by Crippen LogP contribution is -1.84. The molecule has 0 aliphatic carbocycles. The quantitative estimate of drug-likeness (QED) is 0.766. The summed E-state index contributed by atoms with van der Waals surface area (Å²) in [6, 6.07) is 17.7. The molecule has 0 bridgehead atoms. The monoisotopic (exact) mass is 250 g/mol. The van der Waals surface area contributed by atoms with E-state index in [0.29, 0.717) is 0 Å². The zero-order valence-electron chi connectivity index (χ0n) is 8.60. The van der Waals surface area contributed by atoms with Gasteiger partial charge in [0.15, 0.2) is 0 Å². The SMILES string of the molecule is ClSCc1ccc(Oc2ccccc2)cc1. The summed E-state index contributed by atoms with van der Waals surface area (Å²) in [7, 11) is 6.89. The van der Waals surface area contributed by atoms with Gasteiger partial charge in [0.2, 0.25) is 0 Å². The van der Waals surface area contributed by atoms with Crippen LogP contribution in [0.5, 0.6) is 11.5 Å². The van der Waals surface area contributed by atoms with E-state index in [1.54, 1.807) is 0 Å². The normalized spacial score (nSPS) is 10.1. The summed E-state index contributed by atoms with van der Waals surface area (Å²) < 4.78 is 5.67. The van der Waals surface area contributed by atoms with Crippen LogP contribution in [-0.4, -0.2) is 0 Å². The van der Waals surface area contributed by atoms with Gasteiger partial charge in [-0.3, -0.25) is 0 Å². The van der Waals surface area contributed by atoms with Crippen molar-refractivity contribution in [3.8, 4) is 11.5 Å². The van der Waals surface area contributed by atoms with Crippen LogP contribution < -0.4 is 4.74 Å². The van der Waals surface area contributed by atoms with Crippen LogP contribution in [0.2, 0.25) is 0 Å². The van der Waals surface area contributed by atoms with E-state index in [0.717, 1.165) is 17.3 Å². The van der Waals surface area contributed by atoms with E-state index >= 15 is 0 Å². The van der Waals surface area contributed by atoms with Crippen molar-refractivity contribution in [2.24, 2.45) is 0 Å². The molecule has 0 amide bonds. The van der Waals surface area contributed by atoms with Gasteiger partial charge >= 0.3 is 0 Å². The molecule has 0 N–H and O–H groups in total. The summed E-state index contributed by atoms with van der Waals surface area (Å²) >= 11 is 0. The third-order valence-corrected chi connectivity index (χ3v) is 2.89. The van der Waals surface area contributed by atoms with Gasteiger partial charge in [0.25, 0.3) is 0 Å². The molecule has 0 aliphatic heterocycles. The van der Waals surface area contributed by atoms with Crippen molar-refractivity contribution in [3.63, 3.8) is 0 Å². The van der Waals surface area contributed by atoms with Crippen molar-refractivity contribution in [2.45, 2.75) is 5.75 Å². The molecule has 0 atom stereocenters. The van der Waals surface area contributed by atoms with E-state index in [1.807, 2.05) is 54.6 Å². The summed E-state index contributed by atoms with van der Waals surface area (Å²) in [4.78, 5) is 0. The van der Waals surface area contributed by atoms with E-state index in [9.17, 15) is 0 Å². The number of hydrogen-bond acceptors (Lipinski definition) is 2. The highest BCUT2D eigenvalue weighted by molar-refractivity contribution is 8.20. The van der Waals surface area contributed by atoms with Gasteiger partial charge in [0.05, 0.1) is 0 Å². The van der Waals surface area contributed by atoms with Gasteiger partial charge in [-0.25, -0.2) is 0 Å². The van der Waals surface area contributed by atoms with Crippen molar-refractivity contribution in [3.05, 3.63) is 60.2 Å². The average Bonchev–Trinajstić information content (AvgIpc) is 2.33. The summed E-state index contributed by atoms with van der Waals surface area (Å²) in [6.07, 6.45) is 0. The third-order valence-electron chi connectivity index (χ3n) is 2.12. The zero-order valence-corrected chi connectivity index (χ0v) is 10.2. The van der Waals surface area contributed by atoms with Gasteiger partial charge in [-0.2, -0.15) is 0 Å². The smallest absolute Gasteiger partial charge is 0.127 e. The van der Waals surface area contributed by atoms with Crippen molar-refractivity contribution < 1.29 is 4.74 Å². The van der Waals surface area contributed by atoms with Crippen LogP contribution in [0.1, 0.15) is 5.56 Å². The molecule has 1 nitrogen and oxygen atoms in total. The van der Waals surface area contributed by atoms with Gasteiger partial charge in [-0.15, -0.1) is 0 Å². The first kappa shape index (κ1) is 11.4. The number of hydrogen-bond donors (Lipinski definition) is 0. The lowest BCUT2D eigenvalue weighted by Gasteiger charge is -2.05. The molecule has 82 valence electrons. The Morgan fingerprint density at radius 3 is 2.12 bits per heavy atom. The first-order chi connectivity index (χ1) is 7.88. The summed E-state index contributed by atoms with van der Waals surface area (Å²) in [5, 5.41) is 0. The third kappa shape index (κ3) is 3.19. The Morgan fingerprint density at radius 2 is 1.50 bits per heavy atom. The Morgan fingerprint density at radius 1 is 0.875 bits per heavy atom. The van der Waals surface area contributed by atoms with Crippen LogP contribution >= 0.6 is 21.7 Å².